The number of benzene rings is 2. The van der Waals surface area contributed by atoms with Gasteiger partial charge in [0.1, 0.15) is 11.6 Å². The number of ether oxygens (including phenoxy) is 1. The summed E-state index contributed by atoms with van der Waals surface area (Å²) < 4.78 is 57.2. The third kappa shape index (κ3) is 5.38. The first-order valence-corrected chi connectivity index (χ1v) is 8.91. The molecule has 0 saturated heterocycles. The van der Waals surface area contributed by atoms with Crippen LogP contribution in [0.2, 0.25) is 5.02 Å². The van der Waals surface area contributed by atoms with Gasteiger partial charge in [0.2, 0.25) is 0 Å². The second-order valence-electron chi connectivity index (χ2n) is 6.31. The number of aliphatic carboxylic acids is 1. The van der Waals surface area contributed by atoms with E-state index >= 15 is 0 Å². The minimum Gasteiger partial charge on any atom is -0.481 e. The number of aryl methyl sites for hydroxylation is 1. The molecule has 0 aliphatic rings. The molecule has 1 aromatic heterocycles. The van der Waals surface area contributed by atoms with Crippen LogP contribution in [0.15, 0.2) is 36.4 Å². The Bertz CT molecular complexity index is 1050. The molecule has 1 heterocycles. The predicted octanol–water partition coefficient (Wildman–Crippen LogP) is 5.18. The highest BCUT2D eigenvalue weighted by Gasteiger charge is 2.31. The Morgan fingerprint density at radius 3 is 2.62 bits per heavy atom. The Kier molecular flexibility index (Phi) is 5.97. The summed E-state index contributed by atoms with van der Waals surface area (Å²) in [6, 6.07) is 7.85. The second-order valence-corrected chi connectivity index (χ2v) is 6.75. The van der Waals surface area contributed by atoms with Crippen molar-refractivity contribution in [2.24, 2.45) is 0 Å². The van der Waals surface area contributed by atoms with Gasteiger partial charge in [-0.25, -0.2) is 4.39 Å². The number of carboxylic acid groups (broad SMARTS) is 1. The van der Waals surface area contributed by atoms with E-state index in [0.29, 0.717) is 29.4 Å². The van der Waals surface area contributed by atoms with Gasteiger partial charge in [0.05, 0.1) is 17.8 Å². The Labute approximate surface area is 167 Å². The third-order valence-electron chi connectivity index (χ3n) is 4.17. The van der Waals surface area contributed by atoms with Crippen molar-refractivity contribution in [1.82, 2.24) is 9.78 Å². The van der Waals surface area contributed by atoms with Gasteiger partial charge in [-0.1, -0.05) is 17.7 Å². The van der Waals surface area contributed by atoms with E-state index in [4.69, 9.17) is 16.7 Å². The summed E-state index contributed by atoms with van der Waals surface area (Å²) in [5.41, 5.74) is 1.07. The number of fused-ring (bicyclic) bond motifs is 1. The molecule has 0 saturated carbocycles. The minimum atomic E-state index is -4.86. The Morgan fingerprint density at radius 2 is 1.97 bits per heavy atom. The number of alkyl halides is 3. The average Bonchev–Trinajstić information content (AvgIpc) is 2.93. The summed E-state index contributed by atoms with van der Waals surface area (Å²) in [7, 11) is 0. The molecule has 3 aromatic rings. The van der Waals surface area contributed by atoms with Gasteiger partial charge >= 0.3 is 12.3 Å². The van der Waals surface area contributed by atoms with Crippen LogP contribution in [0.1, 0.15) is 24.1 Å². The molecule has 0 unspecified atom stereocenters. The number of halogens is 5. The number of carboxylic acids is 1. The largest absolute Gasteiger partial charge is 0.573 e. The van der Waals surface area contributed by atoms with E-state index in [1.54, 1.807) is 0 Å². The average molecular weight is 431 g/mol. The highest BCUT2D eigenvalue weighted by atomic mass is 35.5. The molecule has 3 rings (SSSR count). The molecule has 0 aliphatic carbocycles. The first kappa shape index (κ1) is 20.9. The molecule has 0 amide bonds. The molecule has 0 fully saturated rings. The Morgan fingerprint density at radius 1 is 1.21 bits per heavy atom. The summed E-state index contributed by atoms with van der Waals surface area (Å²) in [4.78, 5) is 10.7. The molecule has 154 valence electrons. The van der Waals surface area contributed by atoms with E-state index in [0.717, 1.165) is 12.1 Å². The zero-order valence-corrected chi connectivity index (χ0v) is 15.6. The predicted molar refractivity (Wildman–Crippen MR) is 97.5 cm³/mol. The van der Waals surface area contributed by atoms with E-state index in [-0.39, 0.29) is 23.6 Å². The van der Waals surface area contributed by atoms with E-state index in [1.807, 2.05) is 0 Å². The van der Waals surface area contributed by atoms with Gasteiger partial charge in [-0.15, -0.1) is 13.2 Å². The normalized spacial score (nSPS) is 11.8. The summed E-state index contributed by atoms with van der Waals surface area (Å²) in [5.74, 6) is -1.96. The van der Waals surface area contributed by atoms with Gasteiger partial charge in [-0.2, -0.15) is 5.10 Å². The standard InChI is InChI=1S/C19H15ClF4N2O3/c20-12-5-4-11(15(21)8-12)10-26-17-9-13(29-19(22,23)24)6-7-14(17)16(25-26)2-1-3-18(27)28/h4-9H,1-3,10H2,(H,27,28). The lowest BCUT2D eigenvalue weighted by Crippen LogP contribution is -2.17. The highest BCUT2D eigenvalue weighted by Crippen LogP contribution is 2.29. The lowest BCUT2D eigenvalue weighted by Gasteiger charge is -2.10. The number of aromatic nitrogens is 2. The number of hydrogen-bond acceptors (Lipinski definition) is 3. The lowest BCUT2D eigenvalue weighted by atomic mass is 10.1. The molecule has 0 radical (unpaired) electrons. The van der Waals surface area contributed by atoms with Crippen molar-refractivity contribution < 1.29 is 32.2 Å². The molecule has 0 bridgehead atoms. The van der Waals surface area contributed by atoms with E-state index in [9.17, 15) is 22.4 Å². The van der Waals surface area contributed by atoms with Crippen molar-refractivity contribution in [3.8, 4) is 5.75 Å². The van der Waals surface area contributed by atoms with Crippen LogP contribution < -0.4 is 4.74 Å². The summed E-state index contributed by atoms with van der Waals surface area (Å²) >= 11 is 5.75. The van der Waals surface area contributed by atoms with Crippen molar-refractivity contribution in [3.63, 3.8) is 0 Å². The molecule has 5 nitrogen and oxygen atoms in total. The monoisotopic (exact) mass is 430 g/mol. The molecule has 0 spiro atoms. The third-order valence-corrected chi connectivity index (χ3v) is 4.41. The van der Waals surface area contributed by atoms with Crippen LogP contribution in [0, 0.1) is 5.82 Å². The summed E-state index contributed by atoms with van der Waals surface area (Å²) in [6.45, 7) is -0.0477. The Balaban J connectivity index is 2.00. The molecular formula is C19H15ClF4N2O3. The van der Waals surface area contributed by atoms with Gasteiger partial charge in [0.25, 0.3) is 0 Å². The fraction of sp³-hybridized carbons (Fsp3) is 0.263. The van der Waals surface area contributed by atoms with Crippen LogP contribution in [-0.2, 0) is 17.8 Å². The molecule has 10 heteroatoms. The van der Waals surface area contributed by atoms with Crippen molar-refractivity contribution in [3.05, 3.63) is 58.5 Å². The zero-order valence-electron chi connectivity index (χ0n) is 14.8. The van der Waals surface area contributed by atoms with Crippen molar-refractivity contribution >= 4 is 28.5 Å². The molecular weight excluding hydrogens is 416 g/mol. The zero-order chi connectivity index (χ0) is 21.2. The fourth-order valence-corrected chi connectivity index (χ4v) is 3.10. The van der Waals surface area contributed by atoms with E-state index in [2.05, 4.69) is 9.84 Å². The molecule has 2 aromatic carbocycles. The molecule has 29 heavy (non-hydrogen) atoms. The summed E-state index contributed by atoms with van der Waals surface area (Å²) in [6.07, 6.45) is -4.32. The number of rotatable bonds is 7. The molecule has 0 aliphatic heterocycles. The number of carbonyl (C=O) groups is 1. The smallest absolute Gasteiger partial charge is 0.481 e. The minimum absolute atomic E-state index is 0.0477. The van der Waals surface area contributed by atoms with Crippen LogP contribution in [0.25, 0.3) is 10.9 Å². The maximum Gasteiger partial charge on any atom is 0.573 e. The maximum atomic E-state index is 14.2. The topological polar surface area (TPSA) is 64.3 Å². The van der Waals surface area contributed by atoms with Crippen LogP contribution in [0.4, 0.5) is 17.6 Å². The van der Waals surface area contributed by atoms with Gasteiger partial charge in [-0.05, 0) is 37.1 Å². The van der Waals surface area contributed by atoms with Gasteiger partial charge in [0, 0.05) is 28.5 Å². The first-order chi connectivity index (χ1) is 13.6. The first-order valence-electron chi connectivity index (χ1n) is 8.53. The van der Waals surface area contributed by atoms with Crippen LogP contribution in [0.5, 0.6) is 5.75 Å². The summed E-state index contributed by atoms with van der Waals surface area (Å²) in [5, 5.41) is 13.9. The van der Waals surface area contributed by atoms with Gasteiger partial charge in [0.15, 0.2) is 0 Å². The van der Waals surface area contributed by atoms with Crippen LogP contribution in [-0.4, -0.2) is 27.2 Å². The van der Waals surface area contributed by atoms with Crippen LogP contribution in [0.3, 0.4) is 0 Å². The van der Waals surface area contributed by atoms with E-state index < -0.39 is 23.9 Å². The number of nitrogens with zero attached hydrogens (tertiary/aromatic N) is 2. The van der Waals surface area contributed by atoms with E-state index in [1.165, 1.54) is 28.9 Å². The molecule has 0 atom stereocenters. The van der Waals surface area contributed by atoms with Gasteiger partial charge in [-0.3, -0.25) is 9.48 Å². The highest BCUT2D eigenvalue weighted by molar-refractivity contribution is 6.30. The Hall–Kier alpha value is -2.81. The lowest BCUT2D eigenvalue weighted by molar-refractivity contribution is -0.274. The number of hydrogen-bond donors (Lipinski definition) is 1. The quantitative estimate of drug-likeness (QED) is 0.524. The SMILES string of the molecule is O=C(O)CCCc1nn(Cc2ccc(Cl)cc2F)c2cc(OC(F)(F)F)ccc12. The van der Waals surface area contributed by atoms with Crippen LogP contribution >= 0.6 is 11.6 Å². The molecule has 1 N–H and O–H groups in total. The van der Waals surface area contributed by atoms with Gasteiger partial charge < -0.3 is 9.84 Å². The van der Waals surface area contributed by atoms with Crippen molar-refractivity contribution in [1.29, 1.82) is 0 Å². The maximum absolute atomic E-state index is 14.2. The fourth-order valence-electron chi connectivity index (χ4n) is 2.94. The van der Waals surface area contributed by atoms with Crippen molar-refractivity contribution in [2.45, 2.75) is 32.2 Å². The second kappa shape index (κ2) is 8.28. The van der Waals surface area contributed by atoms with Crippen molar-refractivity contribution in [2.75, 3.05) is 0 Å².